The van der Waals surface area contributed by atoms with E-state index in [2.05, 4.69) is 12.2 Å². The average Bonchev–Trinajstić information content (AvgIpc) is 2.92. The van der Waals surface area contributed by atoms with E-state index in [4.69, 9.17) is 0 Å². The molecule has 15 heavy (non-hydrogen) atoms. The van der Waals surface area contributed by atoms with Crippen molar-refractivity contribution < 1.29 is 4.79 Å². The molecule has 0 aromatic heterocycles. The minimum absolute atomic E-state index is 0.301. The van der Waals surface area contributed by atoms with Crippen molar-refractivity contribution in [3.8, 4) is 0 Å². The van der Waals surface area contributed by atoms with E-state index in [1.54, 1.807) is 0 Å². The third kappa shape index (κ3) is 2.56. The van der Waals surface area contributed by atoms with Crippen LogP contribution in [0.2, 0.25) is 0 Å². The zero-order chi connectivity index (χ0) is 10.5. The van der Waals surface area contributed by atoms with Crippen molar-refractivity contribution >= 4 is 5.78 Å². The highest BCUT2D eigenvalue weighted by atomic mass is 16.1. The van der Waals surface area contributed by atoms with E-state index in [-0.39, 0.29) is 0 Å². The fourth-order valence-electron chi connectivity index (χ4n) is 1.98. The van der Waals surface area contributed by atoms with Gasteiger partial charge in [-0.3, -0.25) is 4.79 Å². The summed E-state index contributed by atoms with van der Waals surface area (Å²) in [5, 5.41) is 0. The Morgan fingerprint density at radius 3 is 2.27 bits per heavy atom. The zero-order valence-corrected chi connectivity index (χ0v) is 8.91. The van der Waals surface area contributed by atoms with Crippen LogP contribution in [0.5, 0.6) is 0 Å². The molecule has 0 saturated carbocycles. The van der Waals surface area contributed by atoms with Gasteiger partial charge in [-0.2, -0.15) is 0 Å². The van der Waals surface area contributed by atoms with Gasteiger partial charge in [0.2, 0.25) is 0 Å². The van der Waals surface area contributed by atoms with E-state index in [0.29, 0.717) is 12.2 Å². The lowest BCUT2D eigenvalue weighted by Gasteiger charge is -1.92. The molecule has 1 heteroatoms. The molecule has 0 saturated heterocycles. The molecule has 78 valence electrons. The minimum atomic E-state index is 0.301. The van der Waals surface area contributed by atoms with Gasteiger partial charge in [0.1, 0.15) is 0 Å². The fourth-order valence-corrected chi connectivity index (χ4v) is 1.98. The molecule has 0 spiro atoms. The Morgan fingerprint density at radius 1 is 0.933 bits per heavy atom. The highest BCUT2D eigenvalue weighted by Crippen LogP contribution is 2.20. The summed E-state index contributed by atoms with van der Waals surface area (Å²) in [6, 6.07) is 7.84. The monoisotopic (exact) mass is 200 g/mol. The molecule has 0 amide bonds. The molecule has 0 fully saturated rings. The van der Waals surface area contributed by atoms with Crippen LogP contribution in [0.15, 0.2) is 36.4 Å². The van der Waals surface area contributed by atoms with E-state index >= 15 is 0 Å². The van der Waals surface area contributed by atoms with Gasteiger partial charge in [0.25, 0.3) is 0 Å². The Hall–Kier alpha value is -1.37. The predicted octanol–water partition coefficient (Wildman–Crippen LogP) is 3.54. The SMILES string of the molecule is C1=CCCC1.O=C1CCc2ccccc21. The van der Waals surface area contributed by atoms with E-state index in [1.165, 1.54) is 24.8 Å². The summed E-state index contributed by atoms with van der Waals surface area (Å²) in [5.74, 6) is 0.301. The van der Waals surface area contributed by atoms with Gasteiger partial charge in [-0.15, -0.1) is 0 Å². The summed E-state index contributed by atoms with van der Waals surface area (Å²) in [7, 11) is 0. The third-order valence-electron chi connectivity index (χ3n) is 2.85. The Bertz CT molecular complexity index is 371. The van der Waals surface area contributed by atoms with Gasteiger partial charge in [-0.05, 0) is 31.2 Å². The van der Waals surface area contributed by atoms with Gasteiger partial charge in [0.05, 0.1) is 0 Å². The van der Waals surface area contributed by atoms with E-state index in [9.17, 15) is 4.79 Å². The fraction of sp³-hybridized carbons (Fsp3) is 0.357. The molecule has 0 heterocycles. The largest absolute Gasteiger partial charge is 0.294 e. The first-order valence-corrected chi connectivity index (χ1v) is 5.64. The molecule has 0 bridgehead atoms. The topological polar surface area (TPSA) is 17.1 Å². The van der Waals surface area contributed by atoms with Gasteiger partial charge in [-0.1, -0.05) is 36.4 Å². The first-order chi connectivity index (χ1) is 7.38. The van der Waals surface area contributed by atoms with Crippen LogP contribution < -0.4 is 0 Å². The first kappa shape index (κ1) is 10.2. The van der Waals surface area contributed by atoms with Crippen LogP contribution in [0, 0.1) is 0 Å². The van der Waals surface area contributed by atoms with Crippen LogP contribution in [0.3, 0.4) is 0 Å². The van der Waals surface area contributed by atoms with Crippen LogP contribution in [0.1, 0.15) is 41.6 Å². The lowest BCUT2D eigenvalue weighted by atomic mass is 10.1. The number of fused-ring (bicyclic) bond motifs is 1. The number of allylic oxidation sites excluding steroid dienone is 2. The second-order valence-corrected chi connectivity index (χ2v) is 3.98. The maximum atomic E-state index is 11.1. The van der Waals surface area contributed by atoms with Gasteiger partial charge in [0.15, 0.2) is 5.78 Å². The van der Waals surface area contributed by atoms with Gasteiger partial charge < -0.3 is 0 Å². The van der Waals surface area contributed by atoms with Crippen molar-refractivity contribution in [3.63, 3.8) is 0 Å². The van der Waals surface area contributed by atoms with E-state index in [0.717, 1.165) is 12.0 Å². The molecule has 3 rings (SSSR count). The maximum absolute atomic E-state index is 11.1. The number of hydrogen-bond donors (Lipinski definition) is 0. The summed E-state index contributed by atoms with van der Waals surface area (Å²) < 4.78 is 0. The standard InChI is InChI=1S/C9H8O.C5H8/c10-9-6-5-7-3-1-2-4-8(7)9;1-2-4-5-3-1/h1-4H,5-6H2;1-2H,3-5H2. The molecule has 1 aromatic rings. The molecule has 0 unspecified atom stereocenters. The number of Topliss-reactive ketones (excluding diaryl/α,β-unsaturated/α-hetero) is 1. The molecule has 0 aliphatic heterocycles. The summed E-state index contributed by atoms with van der Waals surface area (Å²) in [6.45, 7) is 0. The summed E-state index contributed by atoms with van der Waals surface area (Å²) in [6.07, 6.45) is 10.1. The lowest BCUT2D eigenvalue weighted by Crippen LogP contribution is -1.88. The van der Waals surface area contributed by atoms with Crippen molar-refractivity contribution in [2.24, 2.45) is 0 Å². The Morgan fingerprint density at radius 2 is 1.67 bits per heavy atom. The van der Waals surface area contributed by atoms with Crippen molar-refractivity contribution in [1.29, 1.82) is 0 Å². The molecule has 1 nitrogen and oxygen atoms in total. The number of rotatable bonds is 0. The molecule has 1 aromatic carbocycles. The number of hydrogen-bond acceptors (Lipinski definition) is 1. The van der Waals surface area contributed by atoms with Crippen molar-refractivity contribution in [2.75, 3.05) is 0 Å². The Kier molecular flexibility index (Phi) is 3.33. The summed E-state index contributed by atoms with van der Waals surface area (Å²) in [4.78, 5) is 11.1. The molecule has 0 N–H and O–H groups in total. The number of carbonyl (C=O) groups excluding carboxylic acids is 1. The number of carbonyl (C=O) groups is 1. The molecular weight excluding hydrogens is 184 g/mol. The minimum Gasteiger partial charge on any atom is -0.294 e. The van der Waals surface area contributed by atoms with E-state index < -0.39 is 0 Å². The molecular formula is C14H16O. The predicted molar refractivity (Wildman–Crippen MR) is 62.1 cm³/mol. The highest BCUT2D eigenvalue weighted by Gasteiger charge is 2.17. The second-order valence-electron chi connectivity index (χ2n) is 3.98. The lowest BCUT2D eigenvalue weighted by molar-refractivity contribution is 0.0994. The van der Waals surface area contributed by atoms with Crippen LogP contribution in [-0.2, 0) is 6.42 Å². The highest BCUT2D eigenvalue weighted by molar-refractivity contribution is 6.00. The van der Waals surface area contributed by atoms with Gasteiger partial charge in [0, 0.05) is 12.0 Å². The van der Waals surface area contributed by atoms with Crippen molar-refractivity contribution in [3.05, 3.63) is 47.5 Å². The third-order valence-corrected chi connectivity index (χ3v) is 2.85. The normalized spacial score (nSPS) is 17.2. The number of benzene rings is 1. The van der Waals surface area contributed by atoms with Crippen LogP contribution in [0.4, 0.5) is 0 Å². The average molecular weight is 200 g/mol. The first-order valence-electron chi connectivity index (χ1n) is 5.64. The summed E-state index contributed by atoms with van der Waals surface area (Å²) in [5.41, 5.74) is 2.15. The van der Waals surface area contributed by atoms with Crippen LogP contribution >= 0.6 is 0 Å². The van der Waals surface area contributed by atoms with Crippen molar-refractivity contribution in [1.82, 2.24) is 0 Å². The second kappa shape index (κ2) is 4.92. The number of ketones is 1. The Balaban J connectivity index is 0.000000144. The molecule has 2 aliphatic rings. The van der Waals surface area contributed by atoms with E-state index in [1.807, 2.05) is 24.3 Å². The number of aryl methyl sites for hydroxylation is 1. The molecule has 0 radical (unpaired) electrons. The maximum Gasteiger partial charge on any atom is 0.163 e. The van der Waals surface area contributed by atoms with Gasteiger partial charge >= 0.3 is 0 Å². The zero-order valence-electron chi connectivity index (χ0n) is 8.91. The van der Waals surface area contributed by atoms with Gasteiger partial charge in [-0.25, -0.2) is 0 Å². The quantitative estimate of drug-likeness (QED) is 0.585. The van der Waals surface area contributed by atoms with Crippen LogP contribution in [-0.4, -0.2) is 5.78 Å². The summed E-state index contributed by atoms with van der Waals surface area (Å²) >= 11 is 0. The van der Waals surface area contributed by atoms with Crippen LogP contribution in [0.25, 0.3) is 0 Å². The molecule has 0 atom stereocenters. The smallest absolute Gasteiger partial charge is 0.163 e. The molecule has 2 aliphatic carbocycles. The van der Waals surface area contributed by atoms with Crippen molar-refractivity contribution in [2.45, 2.75) is 32.1 Å². The Labute approximate surface area is 90.8 Å².